The maximum Gasteiger partial charge on any atom is 0.291 e. The average molecular weight is 312 g/mol. The highest BCUT2D eigenvalue weighted by Gasteiger charge is 2.37. The Morgan fingerprint density at radius 3 is 3.04 bits per heavy atom. The molecule has 1 amide bonds. The SMILES string of the molecule is CCn1ncnc1[C@H](NC(=O)c1nc2ncccn2n1)C1CC1. The van der Waals surface area contributed by atoms with Gasteiger partial charge >= 0.3 is 0 Å². The fraction of sp³-hybridized carbons (Fsp3) is 0.429. The number of aryl methyl sites for hydroxylation is 1. The largest absolute Gasteiger partial charge is 0.339 e. The Hall–Kier alpha value is -2.84. The van der Waals surface area contributed by atoms with Crippen LogP contribution in [-0.4, -0.2) is 40.3 Å². The molecule has 23 heavy (non-hydrogen) atoms. The van der Waals surface area contributed by atoms with Crippen LogP contribution in [0.25, 0.3) is 5.78 Å². The minimum absolute atomic E-state index is 0.108. The van der Waals surface area contributed by atoms with Crippen LogP contribution in [0, 0.1) is 5.92 Å². The molecule has 9 nitrogen and oxygen atoms in total. The molecule has 1 atom stereocenters. The van der Waals surface area contributed by atoms with Gasteiger partial charge in [-0.05, 0) is 31.7 Å². The van der Waals surface area contributed by atoms with Crippen LogP contribution in [0.2, 0.25) is 0 Å². The summed E-state index contributed by atoms with van der Waals surface area (Å²) >= 11 is 0. The van der Waals surface area contributed by atoms with Gasteiger partial charge in [0.2, 0.25) is 5.82 Å². The van der Waals surface area contributed by atoms with Crippen LogP contribution in [0.4, 0.5) is 0 Å². The van der Waals surface area contributed by atoms with Gasteiger partial charge in [-0.1, -0.05) is 0 Å². The fourth-order valence-electron chi connectivity index (χ4n) is 2.62. The molecule has 9 heteroatoms. The first kappa shape index (κ1) is 13.8. The van der Waals surface area contributed by atoms with Crippen molar-refractivity contribution in [3.8, 4) is 0 Å². The molecule has 0 aromatic carbocycles. The van der Waals surface area contributed by atoms with Crippen LogP contribution in [0.5, 0.6) is 0 Å². The molecule has 0 aliphatic heterocycles. The highest BCUT2D eigenvalue weighted by atomic mass is 16.2. The van der Waals surface area contributed by atoms with E-state index < -0.39 is 0 Å². The Kier molecular flexibility index (Phi) is 3.25. The van der Waals surface area contributed by atoms with Crippen LogP contribution < -0.4 is 5.32 Å². The highest BCUT2D eigenvalue weighted by molar-refractivity contribution is 5.91. The number of fused-ring (bicyclic) bond motifs is 1. The van der Waals surface area contributed by atoms with Crippen molar-refractivity contribution in [2.75, 3.05) is 0 Å². The minimum atomic E-state index is -0.321. The van der Waals surface area contributed by atoms with E-state index in [1.54, 1.807) is 18.5 Å². The van der Waals surface area contributed by atoms with E-state index >= 15 is 0 Å². The molecule has 0 unspecified atom stereocenters. The zero-order chi connectivity index (χ0) is 15.8. The Morgan fingerprint density at radius 2 is 2.30 bits per heavy atom. The molecule has 1 fully saturated rings. The van der Waals surface area contributed by atoms with E-state index in [1.165, 1.54) is 10.8 Å². The third-order valence-corrected chi connectivity index (χ3v) is 3.92. The molecule has 1 saturated carbocycles. The maximum absolute atomic E-state index is 12.5. The number of amides is 1. The number of nitrogens with one attached hydrogen (secondary N) is 1. The Balaban J connectivity index is 1.60. The smallest absolute Gasteiger partial charge is 0.291 e. The lowest BCUT2D eigenvalue weighted by atomic mass is 10.1. The normalized spacial score (nSPS) is 15.7. The third kappa shape index (κ3) is 2.54. The lowest BCUT2D eigenvalue weighted by Gasteiger charge is -2.17. The fourth-order valence-corrected chi connectivity index (χ4v) is 2.62. The van der Waals surface area contributed by atoms with Gasteiger partial charge in [-0.3, -0.25) is 4.79 Å². The molecule has 1 N–H and O–H groups in total. The number of hydrogen-bond donors (Lipinski definition) is 1. The standard InChI is InChI=1S/C14H16N8O/c1-2-21-12(16-8-17-21)10(9-4-5-9)18-13(23)11-19-14-15-6-3-7-22(14)20-11/h3,6-10H,2,4-5H2,1H3,(H,18,23)/t10-/m1/s1. The van der Waals surface area contributed by atoms with Crippen molar-refractivity contribution in [1.29, 1.82) is 0 Å². The summed E-state index contributed by atoms with van der Waals surface area (Å²) in [6.45, 7) is 2.71. The molecular weight excluding hydrogens is 296 g/mol. The third-order valence-electron chi connectivity index (χ3n) is 3.92. The predicted octanol–water partition coefficient (Wildman–Crippen LogP) is 0.617. The lowest BCUT2D eigenvalue weighted by molar-refractivity contribution is 0.0918. The molecule has 3 heterocycles. The summed E-state index contributed by atoms with van der Waals surface area (Å²) in [5.41, 5.74) is 0. The lowest BCUT2D eigenvalue weighted by Crippen LogP contribution is -2.32. The zero-order valence-corrected chi connectivity index (χ0v) is 12.6. The average Bonchev–Trinajstić information content (AvgIpc) is 3.13. The quantitative estimate of drug-likeness (QED) is 0.740. The molecule has 0 saturated heterocycles. The van der Waals surface area contributed by atoms with Gasteiger partial charge in [0, 0.05) is 18.9 Å². The van der Waals surface area contributed by atoms with Crippen molar-refractivity contribution < 1.29 is 4.79 Å². The number of carbonyl (C=O) groups excluding carboxylic acids is 1. The Morgan fingerprint density at radius 1 is 1.43 bits per heavy atom. The topological polar surface area (TPSA) is 103 Å². The summed E-state index contributed by atoms with van der Waals surface area (Å²) in [6, 6.07) is 1.57. The first-order chi connectivity index (χ1) is 11.3. The van der Waals surface area contributed by atoms with Crippen molar-refractivity contribution in [3.05, 3.63) is 36.4 Å². The van der Waals surface area contributed by atoms with E-state index in [1.807, 2.05) is 11.6 Å². The minimum Gasteiger partial charge on any atom is -0.339 e. The van der Waals surface area contributed by atoms with Gasteiger partial charge in [0.15, 0.2) is 0 Å². The maximum atomic E-state index is 12.5. The summed E-state index contributed by atoms with van der Waals surface area (Å²) in [4.78, 5) is 25.1. The van der Waals surface area contributed by atoms with E-state index in [9.17, 15) is 4.79 Å². The van der Waals surface area contributed by atoms with Gasteiger partial charge < -0.3 is 5.32 Å². The number of rotatable bonds is 5. The van der Waals surface area contributed by atoms with Gasteiger partial charge in [0.1, 0.15) is 12.2 Å². The van der Waals surface area contributed by atoms with Crippen molar-refractivity contribution in [2.24, 2.45) is 5.92 Å². The van der Waals surface area contributed by atoms with Gasteiger partial charge in [-0.15, -0.1) is 5.10 Å². The number of aromatic nitrogens is 7. The van der Waals surface area contributed by atoms with Crippen molar-refractivity contribution in [1.82, 2.24) is 39.7 Å². The highest BCUT2D eigenvalue weighted by Crippen LogP contribution is 2.40. The second-order valence-electron chi connectivity index (χ2n) is 5.52. The van der Waals surface area contributed by atoms with Crippen LogP contribution in [0.15, 0.2) is 24.8 Å². The summed E-state index contributed by atoms with van der Waals surface area (Å²) in [7, 11) is 0. The van der Waals surface area contributed by atoms with Crippen LogP contribution in [0.3, 0.4) is 0 Å². The predicted molar refractivity (Wildman–Crippen MR) is 79.4 cm³/mol. The molecule has 1 aliphatic carbocycles. The summed E-state index contributed by atoms with van der Waals surface area (Å²) in [6.07, 6.45) is 6.98. The Labute approximate surface area is 131 Å². The first-order valence-electron chi connectivity index (χ1n) is 7.62. The molecule has 0 radical (unpaired) electrons. The Bertz CT molecular complexity index is 816. The van der Waals surface area contributed by atoms with E-state index in [0.717, 1.165) is 18.7 Å². The zero-order valence-electron chi connectivity index (χ0n) is 12.6. The van der Waals surface area contributed by atoms with Crippen molar-refractivity contribution in [2.45, 2.75) is 32.4 Å². The molecule has 3 aromatic rings. The summed E-state index contributed by atoms with van der Waals surface area (Å²) in [5, 5.41) is 11.4. The molecule has 118 valence electrons. The molecular formula is C14H16N8O. The molecule has 0 bridgehead atoms. The van der Waals surface area contributed by atoms with E-state index in [0.29, 0.717) is 18.2 Å². The molecule has 0 spiro atoms. The van der Waals surface area contributed by atoms with Gasteiger partial charge in [0.05, 0.1) is 6.04 Å². The van der Waals surface area contributed by atoms with E-state index in [2.05, 4.69) is 30.5 Å². The van der Waals surface area contributed by atoms with Gasteiger partial charge in [0.25, 0.3) is 11.7 Å². The summed E-state index contributed by atoms with van der Waals surface area (Å²) in [5.74, 6) is 1.36. The van der Waals surface area contributed by atoms with Gasteiger partial charge in [-0.25, -0.2) is 19.2 Å². The van der Waals surface area contributed by atoms with Crippen LogP contribution in [-0.2, 0) is 6.54 Å². The van der Waals surface area contributed by atoms with Gasteiger partial charge in [-0.2, -0.15) is 10.1 Å². The summed E-state index contributed by atoms with van der Waals surface area (Å²) < 4.78 is 3.29. The monoisotopic (exact) mass is 312 g/mol. The van der Waals surface area contributed by atoms with E-state index in [-0.39, 0.29) is 17.8 Å². The van der Waals surface area contributed by atoms with E-state index in [4.69, 9.17) is 0 Å². The van der Waals surface area contributed by atoms with Crippen LogP contribution in [0.1, 0.15) is 42.3 Å². The number of carbonyl (C=O) groups is 1. The number of hydrogen-bond acceptors (Lipinski definition) is 6. The second-order valence-corrected chi connectivity index (χ2v) is 5.52. The van der Waals surface area contributed by atoms with Crippen molar-refractivity contribution >= 4 is 11.7 Å². The van der Waals surface area contributed by atoms with Crippen molar-refractivity contribution in [3.63, 3.8) is 0 Å². The molecule has 4 rings (SSSR count). The number of nitrogens with zero attached hydrogens (tertiary/aromatic N) is 7. The van der Waals surface area contributed by atoms with Crippen LogP contribution >= 0.6 is 0 Å². The molecule has 1 aliphatic rings. The molecule has 3 aromatic heterocycles. The second kappa shape index (κ2) is 5.41. The first-order valence-corrected chi connectivity index (χ1v) is 7.62.